The number of guanidine groups is 1. The van der Waals surface area contributed by atoms with Crippen LogP contribution in [0.15, 0.2) is 23.2 Å². The molecule has 1 aromatic rings. The maximum absolute atomic E-state index is 12.6. The van der Waals surface area contributed by atoms with Gasteiger partial charge in [-0.05, 0) is 42.5 Å². The zero-order chi connectivity index (χ0) is 15.9. The second-order valence-electron chi connectivity index (χ2n) is 5.78. The summed E-state index contributed by atoms with van der Waals surface area (Å²) >= 11 is 6.04. The van der Waals surface area contributed by atoms with E-state index >= 15 is 0 Å². The summed E-state index contributed by atoms with van der Waals surface area (Å²) in [6.45, 7) is 0.658. The number of carbonyl (C=O) groups is 2. The Kier molecular flexibility index (Phi) is 3.78. The highest BCUT2D eigenvalue weighted by molar-refractivity contribution is 6.30. The van der Waals surface area contributed by atoms with Crippen LogP contribution in [0.2, 0.25) is 5.02 Å². The van der Waals surface area contributed by atoms with Crippen LogP contribution in [-0.2, 0) is 4.79 Å². The van der Waals surface area contributed by atoms with Gasteiger partial charge >= 0.3 is 0 Å². The van der Waals surface area contributed by atoms with Crippen molar-refractivity contribution in [2.45, 2.75) is 25.3 Å². The van der Waals surface area contributed by atoms with E-state index in [4.69, 9.17) is 23.1 Å². The smallest absolute Gasteiger partial charge is 0.254 e. The summed E-state index contributed by atoms with van der Waals surface area (Å²) < 4.78 is 0. The van der Waals surface area contributed by atoms with E-state index in [1.54, 1.807) is 23.1 Å². The number of hydrogen-bond donors (Lipinski definition) is 2. The van der Waals surface area contributed by atoms with E-state index < -0.39 is 5.91 Å². The van der Waals surface area contributed by atoms with Gasteiger partial charge in [0.05, 0.1) is 12.5 Å². The number of rotatable bonds is 4. The zero-order valence-electron chi connectivity index (χ0n) is 12.0. The monoisotopic (exact) mass is 320 g/mol. The topological polar surface area (TPSA) is 102 Å². The van der Waals surface area contributed by atoms with Gasteiger partial charge in [0.2, 0.25) is 0 Å². The number of benzene rings is 1. The average Bonchev–Trinajstić information content (AvgIpc) is 3.21. The van der Waals surface area contributed by atoms with Gasteiger partial charge in [0.1, 0.15) is 0 Å². The molecule has 0 bridgehead atoms. The van der Waals surface area contributed by atoms with Gasteiger partial charge in [0.15, 0.2) is 5.96 Å². The number of fused-ring (bicyclic) bond motifs is 1. The van der Waals surface area contributed by atoms with Crippen molar-refractivity contribution in [1.29, 1.82) is 0 Å². The van der Waals surface area contributed by atoms with E-state index in [0.29, 0.717) is 23.0 Å². The van der Waals surface area contributed by atoms with Gasteiger partial charge in [-0.2, -0.15) is 4.99 Å². The average molecular weight is 321 g/mol. The summed E-state index contributed by atoms with van der Waals surface area (Å²) in [5, 5.41) is 0.541. The minimum absolute atomic E-state index is 0.0546. The number of hydrogen-bond acceptors (Lipinski definition) is 2. The van der Waals surface area contributed by atoms with Crippen LogP contribution >= 0.6 is 11.6 Å². The van der Waals surface area contributed by atoms with E-state index in [2.05, 4.69) is 4.99 Å². The molecule has 2 aliphatic rings. The Bertz CT molecular complexity index is 666. The molecule has 1 aliphatic carbocycles. The predicted octanol–water partition coefficient (Wildman–Crippen LogP) is 1.44. The van der Waals surface area contributed by atoms with E-state index in [1.807, 2.05) is 0 Å². The Balaban J connectivity index is 1.91. The summed E-state index contributed by atoms with van der Waals surface area (Å²) in [6.07, 6.45) is 2.30. The van der Waals surface area contributed by atoms with E-state index in [-0.39, 0.29) is 24.3 Å². The lowest BCUT2D eigenvalue weighted by Crippen LogP contribution is -2.32. The van der Waals surface area contributed by atoms with Crippen LogP contribution in [-0.4, -0.2) is 29.2 Å². The van der Waals surface area contributed by atoms with Gasteiger partial charge < -0.3 is 16.4 Å². The second-order valence-corrected chi connectivity index (χ2v) is 6.22. The van der Waals surface area contributed by atoms with Gasteiger partial charge in [-0.15, -0.1) is 0 Å². The fourth-order valence-electron chi connectivity index (χ4n) is 2.83. The normalized spacial score (nSPS) is 20.0. The van der Waals surface area contributed by atoms with Crippen LogP contribution in [0.25, 0.3) is 0 Å². The third kappa shape index (κ3) is 2.92. The molecule has 0 radical (unpaired) electrons. The number of carbonyl (C=O) groups excluding carboxylic acids is 2. The Morgan fingerprint density at radius 1 is 1.36 bits per heavy atom. The molecule has 1 aromatic carbocycles. The fraction of sp³-hybridized carbons (Fsp3) is 0.400. The molecule has 116 valence electrons. The highest BCUT2D eigenvalue weighted by atomic mass is 35.5. The van der Waals surface area contributed by atoms with Crippen molar-refractivity contribution >= 4 is 29.4 Å². The maximum atomic E-state index is 12.6. The van der Waals surface area contributed by atoms with Gasteiger partial charge in [0, 0.05) is 17.1 Å². The molecular weight excluding hydrogens is 304 g/mol. The van der Waals surface area contributed by atoms with Crippen LogP contribution in [0.1, 0.15) is 41.2 Å². The molecule has 1 saturated carbocycles. The van der Waals surface area contributed by atoms with Crippen LogP contribution < -0.4 is 11.5 Å². The standard InChI is InChI=1S/C15H17ClN4O2/c16-9-3-4-10-11(5-9)12(6-13(21)19-15(17)18)20(14(10)22)7-8-1-2-8/h3-5,8,12H,1-2,6-7H2,(H4,17,18,19,21). The number of amides is 2. The van der Waals surface area contributed by atoms with E-state index in [9.17, 15) is 9.59 Å². The minimum atomic E-state index is -0.438. The first kappa shape index (κ1) is 14.8. The lowest BCUT2D eigenvalue weighted by atomic mass is 10.0. The van der Waals surface area contributed by atoms with Crippen molar-refractivity contribution in [2.75, 3.05) is 6.54 Å². The molecule has 1 aliphatic heterocycles. The first-order valence-corrected chi connectivity index (χ1v) is 7.56. The Labute approximate surface area is 133 Å². The first-order valence-electron chi connectivity index (χ1n) is 7.18. The van der Waals surface area contributed by atoms with Crippen LogP contribution in [0, 0.1) is 5.92 Å². The summed E-state index contributed by atoms with van der Waals surface area (Å²) in [5.74, 6) is -0.240. The third-order valence-corrected chi connectivity index (χ3v) is 4.25. The Morgan fingerprint density at radius 3 is 2.73 bits per heavy atom. The summed E-state index contributed by atoms with van der Waals surface area (Å²) in [5.41, 5.74) is 11.9. The van der Waals surface area contributed by atoms with Crippen molar-refractivity contribution in [2.24, 2.45) is 22.4 Å². The lowest BCUT2D eigenvalue weighted by molar-refractivity contribution is -0.118. The molecule has 0 saturated heterocycles. The lowest BCUT2D eigenvalue weighted by Gasteiger charge is -2.24. The molecule has 0 aromatic heterocycles. The molecular formula is C15H17ClN4O2. The van der Waals surface area contributed by atoms with Crippen LogP contribution in [0.5, 0.6) is 0 Å². The quantitative estimate of drug-likeness (QED) is 0.647. The van der Waals surface area contributed by atoms with Gasteiger partial charge in [-0.3, -0.25) is 9.59 Å². The number of aliphatic imine (C=N–C) groups is 1. The molecule has 22 heavy (non-hydrogen) atoms. The number of halogens is 1. The molecule has 4 N–H and O–H groups in total. The molecule has 7 heteroatoms. The fourth-order valence-corrected chi connectivity index (χ4v) is 3.01. The molecule has 1 atom stereocenters. The number of nitrogens with zero attached hydrogens (tertiary/aromatic N) is 2. The van der Waals surface area contributed by atoms with E-state index in [0.717, 1.165) is 18.4 Å². The van der Waals surface area contributed by atoms with E-state index in [1.165, 1.54) is 0 Å². The van der Waals surface area contributed by atoms with Crippen molar-refractivity contribution in [3.63, 3.8) is 0 Å². The van der Waals surface area contributed by atoms with Gasteiger partial charge in [0.25, 0.3) is 11.8 Å². The van der Waals surface area contributed by atoms with Crippen molar-refractivity contribution in [1.82, 2.24) is 4.90 Å². The highest BCUT2D eigenvalue weighted by Gasteiger charge is 2.40. The summed E-state index contributed by atoms with van der Waals surface area (Å²) in [4.78, 5) is 29.8. The predicted molar refractivity (Wildman–Crippen MR) is 83.4 cm³/mol. The molecule has 2 amide bonds. The van der Waals surface area contributed by atoms with Crippen LogP contribution in [0.4, 0.5) is 0 Å². The zero-order valence-corrected chi connectivity index (χ0v) is 12.7. The second kappa shape index (κ2) is 5.61. The highest BCUT2D eigenvalue weighted by Crippen LogP contribution is 2.41. The molecule has 1 unspecified atom stereocenters. The Hall–Kier alpha value is -2.08. The molecule has 1 heterocycles. The first-order chi connectivity index (χ1) is 10.5. The van der Waals surface area contributed by atoms with Gasteiger partial charge in [-0.25, -0.2) is 0 Å². The Morgan fingerprint density at radius 2 is 2.09 bits per heavy atom. The van der Waals surface area contributed by atoms with Gasteiger partial charge in [-0.1, -0.05) is 11.6 Å². The molecule has 1 fully saturated rings. The number of nitrogens with two attached hydrogens (primary N) is 2. The third-order valence-electron chi connectivity index (χ3n) is 4.01. The molecule has 0 spiro atoms. The van der Waals surface area contributed by atoms with Crippen molar-refractivity contribution in [3.8, 4) is 0 Å². The largest absolute Gasteiger partial charge is 0.370 e. The van der Waals surface area contributed by atoms with Crippen molar-refractivity contribution in [3.05, 3.63) is 34.3 Å². The maximum Gasteiger partial charge on any atom is 0.254 e. The summed E-state index contributed by atoms with van der Waals surface area (Å²) in [6, 6.07) is 4.80. The SMILES string of the molecule is NC(N)=NC(=O)CC1c2cc(Cl)ccc2C(=O)N1CC1CC1. The molecule has 3 rings (SSSR count). The van der Waals surface area contributed by atoms with Crippen molar-refractivity contribution < 1.29 is 9.59 Å². The molecule has 6 nitrogen and oxygen atoms in total. The summed E-state index contributed by atoms with van der Waals surface area (Å²) in [7, 11) is 0. The van der Waals surface area contributed by atoms with Crippen LogP contribution in [0.3, 0.4) is 0 Å². The minimum Gasteiger partial charge on any atom is -0.370 e.